The maximum absolute atomic E-state index is 13.6. The molecule has 2 nitrogen and oxygen atoms in total. The second kappa shape index (κ2) is 4.96. The van der Waals surface area contributed by atoms with E-state index in [0.717, 1.165) is 6.07 Å². The monoisotopic (exact) mass is 247 g/mol. The van der Waals surface area contributed by atoms with Crippen LogP contribution in [0.2, 0.25) is 0 Å². The number of nitrogens with one attached hydrogen (secondary N) is 1. The zero-order chi connectivity index (χ0) is 13.1. The molecule has 0 aliphatic heterocycles. The molecule has 2 rings (SSSR count). The van der Waals surface area contributed by atoms with Crippen LogP contribution < -0.4 is 5.32 Å². The van der Waals surface area contributed by atoms with E-state index in [9.17, 15) is 13.6 Å². The summed E-state index contributed by atoms with van der Waals surface area (Å²) in [5.74, 6) is -1.45. The third-order valence-electron chi connectivity index (χ3n) is 2.43. The lowest BCUT2D eigenvalue weighted by atomic mass is 10.0. The van der Waals surface area contributed by atoms with Crippen LogP contribution in [0.1, 0.15) is 6.92 Å². The summed E-state index contributed by atoms with van der Waals surface area (Å²) in [5.41, 5.74) is 1.45. The van der Waals surface area contributed by atoms with E-state index < -0.39 is 11.6 Å². The number of anilines is 1. The molecule has 0 fully saturated rings. The van der Waals surface area contributed by atoms with Crippen molar-refractivity contribution in [3.63, 3.8) is 0 Å². The van der Waals surface area contributed by atoms with Crippen molar-refractivity contribution in [3.05, 3.63) is 54.1 Å². The third kappa shape index (κ3) is 2.71. The van der Waals surface area contributed by atoms with Crippen LogP contribution in [0.25, 0.3) is 11.1 Å². The molecule has 18 heavy (non-hydrogen) atoms. The predicted molar refractivity (Wildman–Crippen MR) is 66.1 cm³/mol. The van der Waals surface area contributed by atoms with Gasteiger partial charge in [-0.2, -0.15) is 0 Å². The number of hydrogen-bond donors (Lipinski definition) is 1. The molecule has 0 aliphatic carbocycles. The summed E-state index contributed by atoms with van der Waals surface area (Å²) >= 11 is 0. The average Bonchev–Trinajstić information content (AvgIpc) is 2.28. The molecular weight excluding hydrogens is 236 g/mol. The highest BCUT2D eigenvalue weighted by molar-refractivity contribution is 5.89. The van der Waals surface area contributed by atoms with Crippen LogP contribution in [-0.4, -0.2) is 5.91 Å². The molecule has 1 amide bonds. The molecule has 0 unspecified atom stereocenters. The molecule has 0 saturated carbocycles. The minimum absolute atomic E-state index is 0.202. The van der Waals surface area contributed by atoms with Gasteiger partial charge < -0.3 is 5.32 Å². The quantitative estimate of drug-likeness (QED) is 0.863. The van der Waals surface area contributed by atoms with Gasteiger partial charge in [-0.1, -0.05) is 12.1 Å². The molecule has 0 aliphatic rings. The van der Waals surface area contributed by atoms with Crippen LogP contribution in [0.4, 0.5) is 14.5 Å². The van der Waals surface area contributed by atoms with Gasteiger partial charge in [0.1, 0.15) is 11.6 Å². The maximum atomic E-state index is 13.6. The fourth-order valence-corrected chi connectivity index (χ4v) is 1.69. The first-order valence-electron chi connectivity index (χ1n) is 5.39. The number of hydrogen-bond acceptors (Lipinski definition) is 1. The number of benzene rings is 2. The van der Waals surface area contributed by atoms with Crippen molar-refractivity contribution in [1.82, 2.24) is 0 Å². The molecule has 0 saturated heterocycles. The Labute approximate surface area is 103 Å². The topological polar surface area (TPSA) is 29.1 Å². The maximum Gasteiger partial charge on any atom is 0.221 e. The Balaban J connectivity index is 2.41. The van der Waals surface area contributed by atoms with E-state index in [-0.39, 0.29) is 5.91 Å². The van der Waals surface area contributed by atoms with Crippen molar-refractivity contribution in [1.29, 1.82) is 0 Å². The molecule has 0 radical (unpaired) electrons. The van der Waals surface area contributed by atoms with Gasteiger partial charge in [-0.15, -0.1) is 0 Å². The van der Waals surface area contributed by atoms with Crippen LogP contribution in [0.15, 0.2) is 42.5 Å². The van der Waals surface area contributed by atoms with Gasteiger partial charge in [-0.05, 0) is 29.8 Å². The van der Waals surface area contributed by atoms with Gasteiger partial charge >= 0.3 is 0 Å². The summed E-state index contributed by atoms with van der Waals surface area (Å²) in [5, 5.41) is 2.61. The van der Waals surface area contributed by atoms with Crippen LogP contribution in [0.5, 0.6) is 0 Å². The Bertz CT molecular complexity index is 596. The van der Waals surface area contributed by atoms with Gasteiger partial charge in [0.25, 0.3) is 0 Å². The van der Waals surface area contributed by atoms with E-state index in [2.05, 4.69) is 5.32 Å². The molecule has 2 aromatic rings. The standard InChI is InChI=1S/C14H11F2NO/c1-9(18)17-12-4-2-3-10(7-12)13-6-5-11(15)8-14(13)16/h2-8H,1H3,(H,17,18). The number of amides is 1. The van der Waals surface area contributed by atoms with Crippen molar-refractivity contribution in [2.45, 2.75) is 6.92 Å². The van der Waals surface area contributed by atoms with Gasteiger partial charge in [-0.25, -0.2) is 8.78 Å². The number of carbonyl (C=O) groups is 1. The molecule has 0 aromatic heterocycles. The molecule has 0 spiro atoms. The Morgan fingerprint density at radius 3 is 2.56 bits per heavy atom. The highest BCUT2D eigenvalue weighted by Gasteiger charge is 2.07. The smallest absolute Gasteiger partial charge is 0.221 e. The van der Waals surface area contributed by atoms with E-state index in [0.29, 0.717) is 16.8 Å². The predicted octanol–water partition coefficient (Wildman–Crippen LogP) is 3.59. The normalized spacial score (nSPS) is 10.2. The number of halogens is 2. The third-order valence-corrected chi connectivity index (χ3v) is 2.43. The summed E-state index contributed by atoms with van der Waals surface area (Å²) in [6.07, 6.45) is 0. The SMILES string of the molecule is CC(=O)Nc1cccc(-c2ccc(F)cc2F)c1. The van der Waals surface area contributed by atoms with Crippen molar-refractivity contribution in [2.24, 2.45) is 0 Å². The van der Waals surface area contributed by atoms with Gasteiger partial charge in [0.2, 0.25) is 5.91 Å². The number of carbonyl (C=O) groups excluding carboxylic acids is 1. The lowest BCUT2D eigenvalue weighted by molar-refractivity contribution is -0.114. The van der Waals surface area contributed by atoms with Crippen molar-refractivity contribution < 1.29 is 13.6 Å². The Morgan fingerprint density at radius 1 is 1.11 bits per heavy atom. The van der Waals surface area contributed by atoms with E-state index in [1.54, 1.807) is 24.3 Å². The minimum Gasteiger partial charge on any atom is -0.326 e. The fraction of sp³-hybridized carbons (Fsp3) is 0.0714. The molecule has 0 heterocycles. The van der Waals surface area contributed by atoms with Gasteiger partial charge in [0, 0.05) is 24.2 Å². The summed E-state index contributed by atoms with van der Waals surface area (Å²) in [4.78, 5) is 10.9. The summed E-state index contributed by atoms with van der Waals surface area (Å²) < 4.78 is 26.4. The van der Waals surface area contributed by atoms with E-state index in [1.165, 1.54) is 19.1 Å². The Hall–Kier alpha value is -2.23. The van der Waals surface area contributed by atoms with E-state index >= 15 is 0 Å². The number of rotatable bonds is 2. The molecular formula is C14H11F2NO. The molecule has 1 N–H and O–H groups in total. The molecule has 4 heteroatoms. The van der Waals surface area contributed by atoms with E-state index in [1.807, 2.05) is 0 Å². The lowest BCUT2D eigenvalue weighted by Crippen LogP contribution is -2.05. The van der Waals surface area contributed by atoms with E-state index in [4.69, 9.17) is 0 Å². The van der Waals surface area contributed by atoms with Crippen molar-refractivity contribution in [3.8, 4) is 11.1 Å². The van der Waals surface area contributed by atoms with Crippen molar-refractivity contribution >= 4 is 11.6 Å². The van der Waals surface area contributed by atoms with Crippen molar-refractivity contribution in [2.75, 3.05) is 5.32 Å². The lowest BCUT2D eigenvalue weighted by Gasteiger charge is -2.07. The molecule has 0 atom stereocenters. The van der Waals surface area contributed by atoms with Crippen LogP contribution in [0.3, 0.4) is 0 Å². The molecule has 92 valence electrons. The van der Waals surface area contributed by atoms with Crippen LogP contribution >= 0.6 is 0 Å². The molecule has 2 aromatic carbocycles. The highest BCUT2D eigenvalue weighted by Crippen LogP contribution is 2.25. The first kappa shape index (κ1) is 12.2. The highest BCUT2D eigenvalue weighted by atomic mass is 19.1. The fourth-order valence-electron chi connectivity index (χ4n) is 1.69. The van der Waals surface area contributed by atoms with Gasteiger partial charge in [0.05, 0.1) is 0 Å². The summed E-state index contributed by atoms with van der Waals surface area (Å²) in [7, 11) is 0. The van der Waals surface area contributed by atoms with Crippen LogP contribution in [-0.2, 0) is 4.79 Å². The first-order chi connectivity index (χ1) is 8.56. The zero-order valence-corrected chi connectivity index (χ0v) is 9.71. The second-order valence-corrected chi connectivity index (χ2v) is 3.89. The molecule has 0 bridgehead atoms. The average molecular weight is 247 g/mol. The largest absolute Gasteiger partial charge is 0.326 e. The Kier molecular flexibility index (Phi) is 3.37. The van der Waals surface area contributed by atoms with Crippen LogP contribution in [0, 0.1) is 11.6 Å². The van der Waals surface area contributed by atoms with Gasteiger partial charge in [0.15, 0.2) is 0 Å². The second-order valence-electron chi connectivity index (χ2n) is 3.89. The summed E-state index contributed by atoms with van der Waals surface area (Å²) in [6, 6.07) is 10.1. The minimum atomic E-state index is -0.630. The first-order valence-corrected chi connectivity index (χ1v) is 5.39. The summed E-state index contributed by atoms with van der Waals surface area (Å²) in [6.45, 7) is 1.39. The Morgan fingerprint density at radius 2 is 1.89 bits per heavy atom. The van der Waals surface area contributed by atoms with Gasteiger partial charge in [-0.3, -0.25) is 4.79 Å². The zero-order valence-electron chi connectivity index (χ0n) is 9.71.